The van der Waals surface area contributed by atoms with Crippen LogP contribution in [0.3, 0.4) is 0 Å². The molecule has 21 heavy (non-hydrogen) atoms. The van der Waals surface area contributed by atoms with Gasteiger partial charge in [0, 0.05) is 30.0 Å². The quantitative estimate of drug-likeness (QED) is 0.908. The van der Waals surface area contributed by atoms with Crippen LogP contribution >= 0.6 is 0 Å². The van der Waals surface area contributed by atoms with Crippen molar-refractivity contribution in [2.75, 3.05) is 18.2 Å². The fourth-order valence-corrected chi connectivity index (χ4v) is 3.44. The Hall–Kier alpha value is -1.07. The topological polar surface area (TPSA) is 55.4 Å². The van der Waals surface area contributed by atoms with Crippen molar-refractivity contribution in [3.8, 4) is 0 Å². The first-order valence-corrected chi connectivity index (χ1v) is 9.24. The average molecular weight is 311 g/mol. The van der Waals surface area contributed by atoms with Crippen LogP contribution in [0, 0.1) is 12.3 Å². The van der Waals surface area contributed by atoms with E-state index in [-0.39, 0.29) is 11.5 Å². The number of hydrogen-bond acceptors (Lipinski definition) is 4. The summed E-state index contributed by atoms with van der Waals surface area (Å²) in [6.45, 7) is 9.09. The molecule has 1 saturated carbocycles. The van der Waals surface area contributed by atoms with E-state index in [0.717, 1.165) is 24.3 Å². The van der Waals surface area contributed by atoms with Gasteiger partial charge in [-0.1, -0.05) is 19.9 Å². The fraction of sp³-hybridized carbons (Fsp3) is 0.625. The lowest BCUT2D eigenvalue weighted by molar-refractivity contribution is -0.0976. The third-order valence-electron chi connectivity index (χ3n) is 4.51. The van der Waals surface area contributed by atoms with E-state index in [1.807, 2.05) is 19.9 Å². The Balaban J connectivity index is 2.18. The lowest BCUT2D eigenvalue weighted by atomic mass is 9.64. The van der Waals surface area contributed by atoms with Crippen molar-refractivity contribution in [1.29, 1.82) is 0 Å². The number of sulfone groups is 1. The molecular formula is C16H25NO3S. The highest BCUT2D eigenvalue weighted by Gasteiger charge is 2.48. The molecule has 0 amide bonds. The number of aryl methyl sites for hydroxylation is 1. The second-order valence-electron chi connectivity index (χ2n) is 6.45. The van der Waals surface area contributed by atoms with Gasteiger partial charge in [-0.15, -0.1) is 0 Å². The van der Waals surface area contributed by atoms with Crippen LogP contribution in [0.25, 0.3) is 0 Å². The van der Waals surface area contributed by atoms with Gasteiger partial charge in [-0.25, -0.2) is 8.42 Å². The van der Waals surface area contributed by atoms with E-state index in [0.29, 0.717) is 10.9 Å². The highest BCUT2D eigenvalue weighted by atomic mass is 32.2. The number of anilines is 1. The Labute approximate surface area is 127 Å². The minimum Gasteiger partial charge on any atom is -0.381 e. The van der Waals surface area contributed by atoms with Crippen LogP contribution < -0.4 is 5.32 Å². The summed E-state index contributed by atoms with van der Waals surface area (Å²) in [5.41, 5.74) is 1.99. The molecule has 1 N–H and O–H groups in total. The van der Waals surface area contributed by atoms with Gasteiger partial charge in [-0.2, -0.15) is 0 Å². The van der Waals surface area contributed by atoms with E-state index in [4.69, 9.17) is 4.74 Å². The Morgan fingerprint density at radius 2 is 2.05 bits per heavy atom. The normalized spacial score (nSPS) is 24.4. The highest BCUT2D eigenvalue weighted by Crippen LogP contribution is 2.44. The van der Waals surface area contributed by atoms with Crippen LogP contribution in [0.1, 0.15) is 32.8 Å². The lowest BCUT2D eigenvalue weighted by Gasteiger charge is -2.52. The molecule has 1 aliphatic rings. The van der Waals surface area contributed by atoms with Gasteiger partial charge >= 0.3 is 0 Å². The maximum Gasteiger partial charge on any atom is 0.175 e. The molecule has 4 nitrogen and oxygen atoms in total. The largest absolute Gasteiger partial charge is 0.381 e. The summed E-state index contributed by atoms with van der Waals surface area (Å²) in [7, 11) is -3.18. The van der Waals surface area contributed by atoms with E-state index in [2.05, 4.69) is 19.2 Å². The molecule has 0 bridgehead atoms. The lowest BCUT2D eigenvalue weighted by Crippen LogP contribution is -2.58. The molecule has 0 aliphatic heterocycles. The van der Waals surface area contributed by atoms with Crippen LogP contribution in [-0.4, -0.2) is 33.4 Å². The molecule has 2 atom stereocenters. The van der Waals surface area contributed by atoms with Gasteiger partial charge in [-0.05, 0) is 38.0 Å². The van der Waals surface area contributed by atoms with Crippen molar-refractivity contribution in [3.63, 3.8) is 0 Å². The second-order valence-corrected chi connectivity index (χ2v) is 8.46. The zero-order chi connectivity index (χ0) is 15.8. The van der Waals surface area contributed by atoms with E-state index in [1.165, 1.54) is 6.26 Å². The van der Waals surface area contributed by atoms with Crippen molar-refractivity contribution in [2.24, 2.45) is 5.41 Å². The van der Waals surface area contributed by atoms with Gasteiger partial charge < -0.3 is 10.1 Å². The SMILES string of the molecule is CCOC1CC(Nc2cc(S(C)(=O)=O)ccc2C)C1(C)C. The number of hydrogen-bond donors (Lipinski definition) is 1. The van der Waals surface area contributed by atoms with Crippen LogP contribution in [0.4, 0.5) is 5.69 Å². The van der Waals surface area contributed by atoms with Crippen molar-refractivity contribution in [2.45, 2.75) is 51.2 Å². The molecule has 0 saturated heterocycles. The van der Waals surface area contributed by atoms with E-state index >= 15 is 0 Å². The van der Waals surface area contributed by atoms with E-state index in [1.54, 1.807) is 12.1 Å². The Morgan fingerprint density at radius 3 is 2.57 bits per heavy atom. The van der Waals surface area contributed by atoms with Crippen LogP contribution in [0.15, 0.2) is 23.1 Å². The van der Waals surface area contributed by atoms with Gasteiger partial charge in [0.15, 0.2) is 9.84 Å². The summed E-state index contributed by atoms with van der Waals surface area (Å²) in [4.78, 5) is 0.356. The molecule has 0 aromatic heterocycles. The van der Waals surface area contributed by atoms with Gasteiger partial charge in [0.25, 0.3) is 0 Å². The molecule has 0 heterocycles. The molecular weight excluding hydrogens is 286 g/mol. The van der Waals surface area contributed by atoms with Crippen LogP contribution in [-0.2, 0) is 14.6 Å². The van der Waals surface area contributed by atoms with Gasteiger partial charge in [0.05, 0.1) is 11.0 Å². The zero-order valence-corrected chi connectivity index (χ0v) is 14.3. The summed E-state index contributed by atoms with van der Waals surface area (Å²) in [6, 6.07) is 5.53. The predicted octanol–water partition coefficient (Wildman–Crippen LogP) is 3.01. The molecule has 1 aromatic carbocycles. The monoisotopic (exact) mass is 311 g/mol. The van der Waals surface area contributed by atoms with Crippen molar-refractivity contribution in [1.82, 2.24) is 0 Å². The number of benzene rings is 1. The minimum absolute atomic E-state index is 0.0452. The average Bonchev–Trinajstić information content (AvgIpc) is 2.38. The second kappa shape index (κ2) is 5.61. The molecule has 0 radical (unpaired) electrons. The molecule has 5 heteroatoms. The van der Waals surface area contributed by atoms with Crippen molar-refractivity contribution < 1.29 is 13.2 Å². The number of nitrogens with one attached hydrogen (secondary N) is 1. The van der Waals surface area contributed by atoms with Gasteiger partial charge in [0.2, 0.25) is 0 Å². The smallest absolute Gasteiger partial charge is 0.175 e. The minimum atomic E-state index is -3.18. The molecule has 118 valence electrons. The molecule has 1 aromatic rings. The first kappa shape index (κ1) is 16.3. The Bertz CT molecular complexity index is 622. The summed E-state index contributed by atoms with van der Waals surface area (Å²) in [5, 5.41) is 3.49. The standard InChI is InChI=1S/C16H25NO3S/c1-6-20-15-10-14(16(15,3)4)17-13-9-12(21(5,18)19)8-7-11(13)2/h7-9,14-15,17H,6,10H2,1-5H3. The third kappa shape index (κ3) is 3.24. The Kier molecular flexibility index (Phi) is 4.36. The fourth-order valence-electron chi connectivity index (χ4n) is 2.79. The summed E-state index contributed by atoms with van der Waals surface area (Å²) < 4.78 is 29.1. The van der Waals surface area contributed by atoms with Crippen molar-refractivity contribution >= 4 is 15.5 Å². The number of ether oxygens (including phenoxy) is 1. The van der Waals surface area contributed by atoms with Gasteiger partial charge in [0.1, 0.15) is 0 Å². The summed E-state index contributed by atoms with van der Waals surface area (Å²) in [6.07, 6.45) is 2.45. The van der Waals surface area contributed by atoms with Crippen LogP contribution in [0.2, 0.25) is 0 Å². The maximum absolute atomic E-state index is 11.7. The molecule has 2 unspecified atom stereocenters. The summed E-state index contributed by atoms with van der Waals surface area (Å²) in [5.74, 6) is 0. The van der Waals surface area contributed by atoms with E-state index < -0.39 is 9.84 Å². The molecule has 0 spiro atoms. The Morgan fingerprint density at radius 1 is 1.38 bits per heavy atom. The zero-order valence-electron chi connectivity index (χ0n) is 13.4. The third-order valence-corrected chi connectivity index (χ3v) is 5.62. The summed E-state index contributed by atoms with van der Waals surface area (Å²) >= 11 is 0. The first-order valence-electron chi connectivity index (χ1n) is 7.35. The first-order chi connectivity index (χ1) is 9.66. The predicted molar refractivity (Wildman–Crippen MR) is 85.5 cm³/mol. The highest BCUT2D eigenvalue weighted by molar-refractivity contribution is 7.90. The van der Waals surface area contributed by atoms with Crippen LogP contribution in [0.5, 0.6) is 0 Å². The number of rotatable bonds is 5. The van der Waals surface area contributed by atoms with E-state index in [9.17, 15) is 8.42 Å². The molecule has 1 fully saturated rings. The molecule has 1 aliphatic carbocycles. The maximum atomic E-state index is 11.7. The molecule has 2 rings (SSSR count). The van der Waals surface area contributed by atoms with Gasteiger partial charge in [-0.3, -0.25) is 0 Å². The van der Waals surface area contributed by atoms with Crippen molar-refractivity contribution in [3.05, 3.63) is 23.8 Å².